The van der Waals surface area contributed by atoms with Crippen LogP contribution in [0.25, 0.3) is 0 Å². The van der Waals surface area contributed by atoms with Gasteiger partial charge < -0.3 is 5.11 Å². The smallest absolute Gasteiger partial charge is 0.303 e. The van der Waals surface area contributed by atoms with Crippen LogP contribution in [0.3, 0.4) is 0 Å². The Bertz CT molecular complexity index is 412. The minimum atomic E-state index is -0.755. The average Bonchev–Trinajstić information content (AvgIpc) is 2.40. The molecule has 0 aliphatic carbocycles. The van der Waals surface area contributed by atoms with Gasteiger partial charge in [-0.2, -0.15) is 0 Å². The zero-order valence-corrected chi connectivity index (χ0v) is 14.6. The molecule has 0 unspecified atom stereocenters. The number of hydrogen-bond donors (Lipinski definition) is 1. The van der Waals surface area contributed by atoms with Crippen molar-refractivity contribution in [3.8, 4) is 11.8 Å². The first kappa shape index (κ1) is 19.2. The molecule has 0 saturated carbocycles. The Balaban J connectivity index is 3.51. The van der Waals surface area contributed by atoms with Crippen LogP contribution in [-0.4, -0.2) is 11.1 Å². The van der Waals surface area contributed by atoms with Gasteiger partial charge in [-0.3, -0.25) is 4.79 Å². The Kier molecular flexibility index (Phi) is 14.0. The fraction of sp³-hybridized carbons (Fsp3) is 0.438. The Morgan fingerprint density at radius 2 is 1.95 bits per heavy atom. The molecule has 110 valence electrons. The minimum absolute atomic E-state index is 0.200. The second-order valence-corrected chi connectivity index (χ2v) is 5.58. The Morgan fingerprint density at radius 1 is 1.20 bits per heavy atom. The lowest BCUT2D eigenvalue weighted by molar-refractivity contribution is -0.137. The van der Waals surface area contributed by atoms with Gasteiger partial charge in [-0.15, -0.1) is 0 Å². The van der Waals surface area contributed by atoms with Crippen molar-refractivity contribution in [3.63, 3.8) is 0 Å². The average molecular weight is 404 g/mol. The monoisotopic (exact) mass is 402 g/mol. The van der Waals surface area contributed by atoms with Crippen LogP contribution in [0.15, 0.2) is 33.8 Å². The van der Waals surface area contributed by atoms with Gasteiger partial charge in [0.2, 0.25) is 0 Å². The molecule has 0 rings (SSSR count). The first-order valence-corrected chi connectivity index (χ1v) is 8.35. The third-order valence-corrected chi connectivity index (χ3v) is 3.23. The predicted molar refractivity (Wildman–Crippen MR) is 91.9 cm³/mol. The van der Waals surface area contributed by atoms with E-state index in [4.69, 9.17) is 5.11 Å². The Hall–Kier alpha value is -0.790. The molecule has 0 aromatic carbocycles. The van der Waals surface area contributed by atoms with Gasteiger partial charge >= 0.3 is 5.97 Å². The van der Waals surface area contributed by atoms with Gasteiger partial charge in [-0.25, -0.2) is 0 Å². The molecule has 0 heterocycles. The number of halogens is 2. The van der Waals surface area contributed by atoms with E-state index in [2.05, 4.69) is 55.9 Å². The van der Waals surface area contributed by atoms with Crippen molar-refractivity contribution in [3.05, 3.63) is 33.8 Å². The number of aliphatic carboxylic acids is 1. The molecule has 0 spiro atoms. The molecular weight excluding hydrogens is 384 g/mol. The standard InChI is InChI=1S/C16H20Br2O2/c17-14-13-15(18)11-9-7-5-3-1-2-4-6-8-10-12-16(19)20/h1-2,11,13-14H,3,5,7-10,12H2,(H,19,20)/b2-1+,14-13+,15-11-. The summed E-state index contributed by atoms with van der Waals surface area (Å²) in [6.07, 6.45) is 13.9. The summed E-state index contributed by atoms with van der Waals surface area (Å²) in [5.74, 6) is 5.12. The molecule has 1 N–H and O–H groups in total. The van der Waals surface area contributed by atoms with E-state index in [0.717, 1.165) is 30.2 Å². The summed E-state index contributed by atoms with van der Waals surface area (Å²) in [6, 6.07) is 0. The molecule has 0 amide bonds. The quantitative estimate of drug-likeness (QED) is 0.311. The number of rotatable bonds is 9. The SMILES string of the molecule is O=C(O)CCCC#C/C=C/CCCC/C=C(Br)/C=C/Br. The molecule has 4 heteroatoms. The van der Waals surface area contributed by atoms with Crippen molar-refractivity contribution in [1.82, 2.24) is 0 Å². The minimum Gasteiger partial charge on any atom is -0.481 e. The third kappa shape index (κ3) is 15.3. The van der Waals surface area contributed by atoms with E-state index in [1.165, 1.54) is 0 Å². The van der Waals surface area contributed by atoms with E-state index in [1.807, 2.05) is 17.1 Å². The molecule has 0 bridgehead atoms. The maximum Gasteiger partial charge on any atom is 0.303 e. The van der Waals surface area contributed by atoms with Crippen molar-refractivity contribution in [2.75, 3.05) is 0 Å². The number of carboxylic acids is 1. The summed E-state index contributed by atoms with van der Waals surface area (Å²) in [4.78, 5) is 12.1. The zero-order valence-electron chi connectivity index (χ0n) is 11.4. The maximum atomic E-state index is 10.3. The number of allylic oxidation sites excluding steroid dienone is 5. The van der Waals surface area contributed by atoms with Crippen molar-refractivity contribution in [2.24, 2.45) is 0 Å². The van der Waals surface area contributed by atoms with Gasteiger partial charge in [-0.1, -0.05) is 55.9 Å². The maximum absolute atomic E-state index is 10.3. The summed E-state index contributed by atoms with van der Waals surface area (Å²) in [6.45, 7) is 0. The highest BCUT2D eigenvalue weighted by Gasteiger charge is 1.92. The summed E-state index contributed by atoms with van der Waals surface area (Å²) in [7, 11) is 0. The molecule has 0 atom stereocenters. The Labute approximate surface area is 138 Å². The van der Waals surface area contributed by atoms with E-state index in [-0.39, 0.29) is 6.42 Å². The summed E-state index contributed by atoms with van der Waals surface area (Å²) < 4.78 is 1.09. The van der Waals surface area contributed by atoms with Crippen LogP contribution in [0.2, 0.25) is 0 Å². The lowest BCUT2D eigenvalue weighted by Crippen LogP contribution is -1.92. The van der Waals surface area contributed by atoms with E-state index >= 15 is 0 Å². The molecule has 0 aliphatic rings. The van der Waals surface area contributed by atoms with Crippen LogP contribution >= 0.6 is 31.9 Å². The summed E-state index contributed by atoms with van der Waals surface area (Å²) in [5.41, 5.74) is 0. The molecule has 0 aromatic heterocycles. The lowest BCUT2D eigenvalue weighted by atomic mass is 10.2. The van der Waals surface area contributed by atoms with E-state index in [1.54, 1.807) is 0 Å². The fourth-order valence-corrected chi connectivity index (χ4v) is 2.38. The van der Waals surface area contributed by atoms with Gasteiger partial charge in [0.15, 0.2) is 0 Å². The highest BCUT2D eigenvalue weighted by atomic mass is 79.9. The van der Waals surface area contributed by atoms with Gasteiger partial charge in [0.25, 0.3) is 0 Å². The molecule has 0 radical (unpaired) electrons. The second kappa shape index (κ2) is 14.6. The largest absolute Gasteiger partial charge is 0.481 e. The molecule has 0 aliphatic heterocycles. The first-order chi connectivity index (χ1) is 9.66. The summed E-state index contributed by atoms with van der Waals surface area (Å²) in [5, 5.41) is 8.45. The number of hydrogen-bond acceptors (Lipinski definition) is 1. The van der Waals surface area contributed by atoms with Crippen molar-refractivity contribution < 1.29 is 9.90 Å². The Morgan fingerprint density at radius 3 is 2.65 bits per heavy atom. The molecule has 20 heavy (non-hydrogen) atoms. The predicted octanol–water partition coefficient (Wildman–Crippen LogP) is 5.55. The van der Waals surface area contributed by atoms with E-state index in [0.29, 0.717) is 12.8 Å². The number of unbranched alkanes of at least 4 members (excludes halogenated alkanes) is 4. The van der Waals surface area contributed by atoms with E-state index < -0.39 is 5.97 Å². The molecule has 2 nitrogen and oxygen atoms in total. The van der Waals surface area contributed by atoms with Crippen LogP contribution in [0, 0.1) is 11.8 Å². The van der Waals surface area contributed by atoms with Gasteiger partial charge in [0.05, 0.1) is 0 Å². The van der Waals surface area contributed by atoms with Crippen LogP contribution < -0.4 is 0 Å². The van der Waals surface area contributed by atoms with Gasteiger partial charge in [-0.05, 0) is 49.2 Å². The highest BCUT2D eigenvalue weighted by Crippen LogP contribution is 2.11. The van der Waals surface area contributed by atoms with Crippen molar-refractivity contribution >= 4 is 37.8 Å². The third-order valence-electron chi connectivity index (χ3n) is 2.38. The van der Waals surface area contributed by atoms with Crippen LogP contribution in [0.5, 0.6) is 0 Å². The van der Waals surface area contributed by atoms with Crippen LogP contribution in [0.4, 0.5) is 0 Å². The normalized spacial score (nSPS) is 11.8. The lowest BCUT2D eigenvalue weighted by Gasteiger charge is -1.93. The zero-order chi connectivity index (χ0) is 15.1. The molecule has 0 aromatic rings. The van der Waals surface area contributed by atoms with Crippen LogP contribution in [-0.2, 0) is 4.79 Å². The molecular formula is C16H20Br2O2. The first-order valence-electron chi connectivity index (χ1n) is 6.64. The van der Waals surface area contributed by atoms with Gasteiger partial charge in [0.1, 0.15) is 0 Å². The number of carboxylic acid groups (broad SMARTS) is 1. The van der Waals surface area contributed by atoms with Crippen molar-refractivity contribution in [1.29, 1.82) is 0 Å². The van der Waals surface area contributed by atoms with Gasteiger partial charge in [0, 0.05) is 17.3 Å². The van der Waals surface area contributed by atoms with Crippen LogP contribution in [0.1, 0.15) is 44.9 Å². The van der Waals surface area contributed by atoms with E-state index in [9.17, 15) is 4.79 Å². The highest BCUT2D eigenvalue weighted by molar-refractivity contribution is 9.12. The number of carbonyl (C=O) groups is 1. The molecule has 0 fully saturated rings. The summed E-state index contributed by atoms with van der Waals surface area (Å²) >= 11 is 6.67. The second-order valence-electron chi connectivity index (χ2n) is 4.14. The topological polar surface area (TPSA) is 37.3 Å². The molecule has 0 saturated heterocycles. The van der Waals surface area contributed by atoms with Crippen molar-refractivity contribution in [2.45, 2.75) is 44.9 Å². The fourth-order valence-electron chi connectivity index (χ4n) is 1.38.